The van der Waals surface area contributed by atoms with E-state index in [1.807, 2.05) is 6.92 Å². The van der Waals surface area contributed by atoms with Crippen LogP contribution in [0.1, 0.15) is 13.3 Å². The van der Waals surface area contributed by atoms with Gasteiger partial charge in [-0.25, -0.2) is 0 Å². The van der Waals surface area contributed by atoms with Gasteiger partial charge < -0.3 is 14.8 Å². The van der Waals surface area contributed by atoms with Crippen molar-refractivity contribution in [2.24, 2.45) is 5.73 Å². The van der Waals surface area contributed by atoms with Crippen LogP contribution in [0.3, 0.4) is 0 Å². The minimum absolute atomic E-state index is 0.0570. The van der Waals surface area contributed by atoms with Crippen LogP contribution >= 0.6 is 7.60 Å². The maximum Gasteiger partial charge on any atom is 0.327 e. The first-order valence-electron chi connectivity index (χ1n) is 3.55. The molecule has 0 saturated heterocycles. The van der Waals surface area contributed by atoms with Gasteiger partial charge in [0.2, 0.25) is 0 Å². The molecule has 0 aromatic heterocycles. The molecule has 0 aliphatic rings. The highest BCUT2D eigenvalue weighted by atomic mass is 31.2. The van der Waals surface area contributed by atoms with E-state index < -0.39 is 7.60 Å². The zero-order valence-corrected chi connectivity index (χ0v) is 8.14. The Hall–Kier alpha value is 0.110. The molecule has 0 rings (SSSR count). The molecule has 2 unspecified atom stereocenters. The second-order valence-electron chi connectivity index (χ2n) is 2.42. The molecule has 0 radical (unpaired) electrons. The first-order chi connectivity index (χ1) is 5.02. The van der Waals surface area contributed by atoms with Gasteiger partial charge in [-0.3, -0.25) is 4.57 Å². The molecule has 0 amide bonds. The molecule has 0 bridgehead atoms. The molecule has 4 nitrogen and oxygen atoms in total. The Morgan fingerprint density at radius 3 is 2.55 bits per heavy atom. The molecular weight excluding hydrogens is 165 g/mol. The largest absolute Gasteiger partial charge is 0.327 e. The molecule has 0 aliphatic heterocycles. The summed E-state index contributed by atoms with van der Waals surface area (Å²) >= 11 is 0. The third kappa shape index (κ3) is 5.39. The average Bonchev–Trinajstić information content (AvgIpc) is 2.00. The van der Waals surface area contributed by atoms with Crippen LogP contribution in [0.15, 0.2) is 0 Å². The summed E-state index contributed by atoms with van der Waals surface area (Å²) in [6, 6.07) is -0.0570. The fourth-order valence-electron chi connectivity index (χ4n) is 0.402. The van der Waals surface area contributed by atoms with Crippen molar-refractivity contribution < 1.29 is 13.6 Å². The predicted molar refractivity (Wildman–Crippen MR) is 44.8 cm³/mol. The lowest BCUT2D eigenvalue weighted by molar-refractivity contribution is 0.223. The van der Waals surface area contributed by atoms with Crippen LogP contribution in [0, 0.1) is 0 Å². The second kappa shape index (κ2) is 4.88. The summed E-state index contributed by atoms with van der Waals surface area (Å²) in [6.45, 7) is 3.66. The van der Waals surface area contributed by atoms with Crippen molar-refractivity contribution in [1.29, 1.82) is 0 Å². The highest BCUT2D eigenvalue weighted by Gasteiger charge is 2.15. The fourth-order valence-corrected chi connectivity index (χ4v) is 0.969. The van der Waals surface area contributed by atoms with E-state index in [-0.39, 0.29) is 12.6 Å². The summed E-state index contributed by atoms with van der Waals surface area (Å²) in [5.74, 6) is 0. The van der Waals surface area contributed by atoms with Crippen molar-refractivity contribution in [2.45, 2.75) is 19.4 Å². The molecule has 68 valence electrons. The third-order valence-corrected chi connectivity index (χ3v) is 2.66. The first-order valence-corrected chi connectivity index (χ1v) is 5.54. The van der Waals surface area contributed by atoms with Gasteiger partial charge in [0.25, 0.3) is 0 Å². The summed E-state index contributed by atoms with van der Waals surface area (Å²) in [6.07, 6.45) is 0.809. The normalized spacial score (nSPS) is 19.3. The number of nitrogens with two attached hydrogens (primary N) is 1. The highest BCUT2D eigenvalue weighted by molar-refractivity contribution is 7.52. The van der Waals surface area contributed by atoms with Crippen molar-refractivity contribution in [3.8, 4) is 0 Å². The van der Waals surface area contributed by atoms with Gasteiger partial charge in [0, 0.05) is 19.8 Å². The Balaban J connectivity index is 3.61. The van der Waals surface area contributed by atoms with Gasteiger partial charge in [-0.05, 0) is 6.42 Å². The molecule has 0 aromatic rings. The first kappa shape index (κ1) is 11.1. The van der Waals surface area contributed by atoms with Crippen LogP contribution in [0.2, 0.25) is 0 Å². The Bertz CT molecular complexity index is 151. The van der Waals surface area contributed by atoms with Crippen molar-refractivity contribution in [3.05, 3.63) is 0 Å². The minimum atomic E-state index is -2.82. The maximum absolute atomic E-state index is 11.1. The van der Waals surface area contributed by atoms with Crippen LogP contribution < -0.4 is 5.73 Å². The third-order valence-electron chi connectivity index (χ3n) is 1.38. The molecule has 0 saturated carbocycles. The maximum atomic E-state index is 11.1. The van der Waals surface area contributed by atoms with Crippen molar-refractivity contribution >= 4 is 7.60 Å². The van der Waals surface area contributed by atoms with Crippen molar-refractivity contribution in [1.82, 2.24) is 0 Å². The van der Waals surface area contributed by atoms with E-state index in [2.05, 4.69) is 4.52 Å². The standard InChI is InChI=1S/C6H16NO3P/c1-4-6(7)5-10-11(3,8)9-2/h6H,4-5,7H2,1-3H3. The lowest BCUT2D eigenvalue weighted by atomic mass is 10.3. The molecule has 0 aliphatic carbocycles. The molecule has 11 heavy (non-hydrogen) atoms. The van der Waals surface area contributed by atoms with E-state index in [1.54, 1.807) is 0 Å². The fraction of sp³-hybridized carbons (Fsp3) is 1.00. The Morgan fingerprint density at radius 2 is 2.18 bits per heavy atom. The van der Waals surface area contributed by atoms with Crippen LogP contribution in [-0.2, 0) is 13.6 Å². The van der Waals surface area contributed by atoms with Crippen LogP contribution in [0.5, 0.6) is 0 Å². The van der Waals surface area contributed by atoms with Gasteiger partial charge in [0.05, 0.1) is 6.61 Å². The quantitative estimate of drug-likeness (QED) is 0.647. The van der Waals surface area contributed by atoms with Gasteiger partial charge in [0.15, 0.2) is 0 Å². The summed E-state index contributed by atoms with van der Waals surface area (Å²) in [4.78, 5) is 0. The van der Waals surface area contributed by atoms with Gasteiger partial charge in [-0.1, -0.05) is 6.92 Å². The number of rotatable bonds is 5. The average molecular weight is 181 g/mol. The van der Waals surface area contributed by atoms with Gasteiger partial charge in [-0.2, -0.15) is 0 Å². The number of hydrogen-bond acceptors (Lipinski definition) is 4. The van der Waals surface area contributed by atoms with Gasteiger partial charge in [0.1, 0.15) is 0 Å². The minimum Gasteiger partial charge on any atom is -0.326 e. The Kier molecular flexibility index (Phi) is 4.93. The van der Waals surface area contributed by atoms with Crippen LogP contribution in [-0.4, -0.2) is 26.4 Å². The summed E-state index contributed by atoms with van der Waals surface area (Å²) in [5.41, 5.74) is 5.53. The summed E-state index contributed by atoms with van der Waals surface area (Å²) in [7, 11) is -1.46. The molecule has 0 fully saturated rings. The molecule has 0 aromatic carbocycles. The molecule has 0 spiro atoms. The summed E-state index contributed by atoms with van der Waals surface area (Å²) < 4.78 is 20.7. The lowest BCUT2D eigenvalue weighted by Crippen LogP contribution is -2.24. The van der Waals surface area contributed by atoms with E-state index in [1.165, 1.54) is 13.8 Å². The SMILES string of the molecule is CCC(N)COP(C)(=O)OC. The topological polar surface area (TPSA) is 61.5 Å². The smallest absolute Gasteiger partial charge is 0.326 e. The van der Waals surface area contributed by atoms with E-state index in [9.17, 15) is 4.57 Å². The van der Waals surface area contributed by atoms with Crippen LogP contribution in [0.25, 0.3) is 0 Å². The molecule has 0 heterocycles. The summed E-state index contributed by atoms with van der Waals surface area (Å²) in [5, 5.41) is 0. The van der Waals surface area contributed by atoms with Crippen molar-refractivity contribution in [3.63, 3.8) is 0 Å². The zero-order valence-electron chi connectivity index (χ0n) is 7.24. The van der Waals surface area contributed by atoms with E-state index >= 15 is 0 Å². The Labute approximate surface area is 67.6 Å². The lowest BCUT2D eigenvalue weighted by Gasteiger charge is -2.13. The van der Waals surface area contributed by atoms with Crippen LogP contribution in [0.4, 0.5) is 0 Å². The molecule has 2 atom stereocenters. The Morgan fingerprint density at radius 1 is 1.64 bits per heavy atom. The van der Waals surface area contributed by atoms with E-state index in [4.69, 9.17) is 10.3 Å². The van der Waals surface area contributed by atoms with E-state index in [0.717, 1.165) is 6.42 Å². The van der Waals surface area contributed by atoms with E-state index in [0.29, 0.717) is 0 Å². The predicted octanol–water partition coefficient (Wildman–Crippen LogP) is 1.21. The number of hydrogen-bond donors (Lipinski definition) is 1. The molecule has 5 heteroatoms. The molecular formula is C6H16NO3P. The zero-order chi connectivity index (χ0) is 8.91. The van der Waals surface area contributed by atoms with Gasteiger partial charge >= 0.3 is 7.60 Å². The second-order valence-corrected chi connectivity index (χ2v) is 4.58. The monoisotopic (exact) mass is 181 g/mol. The van der Waals surface area contributed by atoms with Gasteiger partial charge in [-0.15, -0.1) is 0 Å². The molecule has 2 N–H and O–H groups in total. The highest BCUT2D eigenvalue weighted by Crippen LogP contribution is 2.42. The van der Waals surface area contributed by atoms with Crippen molar-refractivity contribution in [2.75, 3.05) is 20.4 Å².